The van der Waals surface area contributed by atoms with E-state index in [1.54, 1.807) is 12.1 Å². The SMILES string of the molecule is O=C(O)CCc1ccc(P(=O)(O)Cl)cc1. The minimum absolute atomic E-state index is 0.0387. The van der Waals surface area contributed by atoms with E-state index in [4.69, 9.17) is 21.2 Å². The molecule has 0 aliphatic carbocycles. The second-order valence-corrected chi connectivity index (χ2v) is 5.96. The van der Waals surface area contributed by atoms with Crippen LogP contribution in [0.1, 0.15) is 12.0 Å². The van der Waals surface area contributed by atoms with E-state index in [0.717, 1.165) is 5.56 Å². The average Bonchev–Trinajstić information content (AvgIpc) is 2.14. The van der Waals surface area contributed by atoms with Crippen LogP contribution in [0.4, 0.5) is 0 Å². The van der Waals surface area contributed by atoms with Crippen molar-refractivity contribution in [3.8, 4) is 0 Å². The zero-order chi connectivity index (χ0) is 11.5. The fraction of sp³-hybridized carbons (Fsp3) is 0.222. The fourth-order valence-electron chi connectivity index (χ4n) is 1.10. The molecule has 1 aromatic rings. The van der Waals surface area contributed by atoms with Crippen molar-refractivity contribution in [2.45, 2.75) is 12.8 Å². The van der Waals surface area contributed by atoms with E-state index < -0.39 is 12.7 Å². The Kier molecular flexibility index (Phi) is 3.91. The Morgan fingerprint density at radius 1 is 1.33 bits per heavy atom. The number of hydrogen-bond donors (Lipinski definition) is 2. The zero-order valence-electron chi connectivity index (χ0n) is 7.76. The van der Waals surface area contributed by atoms with Gasteiger partial charge >= 0.3 is 12.7 Å². The zero-order valence-corrected chi connectivity index (χ0v) is 9.41. The van der Waals surface area contributed by atoms with Crippen molar-refractivity contribution in [1.29, 1.82) is 0 Å². The molecule has 0 heterocycles. The lowest BCUT2D eigenvalue weighted by atomic mass is 10.1. The molecule has 0 spiro atoms. The number of carbonyl (C=O) groups is 1. The van der Waals surface area contributed by atoms with E-state index in [-0.39, 0.29) is 11.7 Å². The molecule has 1 atom stereocenters. The molecular weight excluding hydrogens is 239 g/mol. The molecule has 2 N–H and O–H groups in total. The third-order valence-electron chi connectivity index (χ3n) is 1.88. The van der Waals surface area contributed by atoms with Gasteiger partial charge in [-0.2, -0.15) is 0 Å². The standard InChI is InChI=1S/C9H10ClO4P/c10-15(13,14)8-4-1-7(2-5-8)3-6-9(11)12/h1-2,4-5H,3,6H2,(H,11,12)(H,13,14). The lowest BCUT2D eigenvalue weighted by molar-refractivity contribution is -0.136. The van der Waals surface area contributed by atoms with Gasteiger partial charge in [0.1, 0.15) is 0 Å². The predicted octanol–water partition coefficient (Wildman–Crippen LogP) is 1.75. The summed E-state index contributed by atoms with van der Waals surface area (Å²) in [6, 6.07) is 6.07. The summed E-state index contributed by atoms with van der Waals surface area (Å²) >= 11 is 5.26. The van der Waals surface area contributed by atoms with Gasteiger partial charge < -0.3 is 10.00 Å². The summed E-state index contributed by atoms with van der Waals surface area (Å²) in [6.45, 7) is -3.72. The van der Waals surface area contributed by atoms with Crippen molar-refractivity contribution in [1.82, 2.24) is 0 Å². The molecule has 1 aromatic carbocycles. The van der Waals surface area contributed by atoms with Crippen LogP contribution in [0.25, 0.3) is 0 Å². The summed E-state index contributed by atoms with van der Waals surface area (Å²) < 4.78 is 11.0. The molecule has 0 fully saturated rings. The minimum Gasteiger partial charge on any atom is -0.481 e. The molecule has 1 unspecified atom stereocenters. The smallest absolute Gasteiger partial charge is 0.317 e. The summed E-state index contributed by atoms with van der Waals surface area (Å²) in [5, 5.41) is 8.61. The van der Waals surface area contributed by atoms with Crippen LogP contribution in [0.3, 0.4) is 0 Å². The number of benzene rings is 1. The van der Waals surface area contributed by atoms with Gasteiger partial charge in [-0.05, 0) is 35.4 Å². The van der Waals surface area contributed by atoms with Gasteiger partial charge in [-0.15, -0.1) is 0 Å². The number of aryl methyl sites for hydroxylation is 1. The van der Waals surface area contributed by atoms with Crippen LogP contribution >= 0.6 is 18.0 Å². The number of hydrogen-bond acceptors (Lipinski definition) is 2. The van der Waals surface area contributed by atoms with Crippen molar-refractivity contribution in [3.63, 3.8) is 0 Å². The minimum atomic E-state index is -3.72. The molecule has 0 aliphatic rings. The highest BCUT2D eigenvalue weighted by molar-refractivity contribution is 7.90. The second-order valence-electron chi connectivity index (χ2n) is 3.06. The third kappa shape index (κ3) is 4.04. The predicted molar refractivity (Wildman–Crippen MR) is 57.7 cm³/mol. The van der Waals surface area contributed by atoms with Crippen LogP contribution in [-0.4, -0.2) is 16.0 Å². The van der Waals surface area contributed by atoms with Gasteiger partial charge in [0.25, 0.3) is 0 Å². The van der Waals surface area contributed by atoms with Gasteiger partial charge in [0, 0.05) is 6.42 Å². The molecule has 0 bridgehead atoms. The number of halogens is 1. The van der Waals surface area contributed by atoms with Gasteiger partial charge in [0.05, 0.1) is 5.30 Å². The molecule has 0 aromatic heterocycles. The second kappa shape index (κ2) is 4.79. The molecular formula is C9H10ClO4P. The summed E-state index contributed by atoms with van der Waals surface area (Å²) in [5.74, 6) is -0.871. The molecule has 1 rings (SSSR count). The van der Waals surface area contributed by atoms with Crippen LogP contribution in [0.2, 0.25) is 0 Å². The van der Waals surface area contributed by atoms with Crippen molar-refractivity contribution in [3.05, 3.63) is 29.8 Å². The number of aliphatic carboxylic acids is 1. The van der Waals surface area contributed by atoms with Gasteiger partial charge in [-0.25, -0.2) is 0 Å². The molecule has 15 heavy (non-hydrogen) atoms. The first-order valence-corrected chi connectivity index (χ1v) is 6.80. The highest BCUT2D eigenvalue weighted by Crippen LogP contribution is 2.44. The number of rotatable bonds is 4. The van der Waals surface area contributed by atoms with Crippen LogP contribution in [0.15, 0.2) is 24.3 Å². The molecule has 0 saturated carbocycles. The topological polar surface area (TPSA) is 74.6 Å². The summed E-state index contributed by atoms with van der Waals surface area (Å²) in [7, 11) is 0. The quantitative estimate of drug-likeness (QED) is 0.796. The summed E-state index contributed by atoms with van der Waals surface area (Å²) in [6.07, 6.45) is 0.435. The Labute approximate surface area is 91.7 Å². The van der Waals surface area contributed by atoms with E-state index in [1.807, 2.05) is 0 Å². The lowest BCUT2D eigenvalue weighted by Crippen LogP contribution is -2.02. The monoisotopic (exact) mass is 248 g/mol. The summed E-state index contributed by atoms with van der Waals surface area (Å²) in [5.41, 5.74) is 0.797. The number of carboxylic acids is 1. The van der Waals surface area contributed by atoms with Gasteiger partial charge in [0.15, 0.2) is 0 Å². The summed E-state index contributed by atoms with van der Waals surface area (Å²) in [4.78, 5) is 19.3. The van der Waals surface area contributed by atoms with Crippen molar-refractivity contribution in [2.75, 3.05) is 0 Å². The molecule has 0 saturated heterocycles. The van der Waals surface area contributed by atoms with Gasteiger partial charge in [-0.1, -0.05) is 12.1 Å². The first-order chi connectivity index (χ1) is 6.89. The number of carboxylic acid groups (broad SMARTS) is 1. The highest BCUT2D eigenvalue weighted by atomic mass is 35.7. The maximum absolute atomic E-state index is 11.0. The molecule has 6 heteroatoms. The maximum atomic E-state index is 11.0. The van der Waals surface area contributed by atoms with Crippen LogP contribution in [0, 0.1) is 0 Å². The Bertz CT molecular complexity index is 395. The van der Waals surface area contributed by atoms with E-state index in [2.05, 4.69) is 0 Å². The Morgan fingerprint density at radius 3 is 2.27 bits per heavy atom. The van der Waals surface area contributed by atoms with E-state index in [1.165, 1.54) is 12.1 Å². The Morgan fingerprint density at radius 2 is 1.87 bits per heavy atom. The molecule has 0 amide bonds. The molecule has 4 nitrogen and oxygen atoms in total. The third-order valence-corrected chi connectivity index (χ3v) is 3.40. The fourth-order valence-corrected chi connectivity index (χ4v) is 1.95. The lowest BCUT2D eigenvalue weighted by Gasteiger charge is -2.04. The van der Waals surface area contributed by atoms with Gasteiger partial charge in [-0.3, -0.25) is 9.36 Å². The maximum Gasteiger partial charge on any atom is 0.317 e. The van der Waals surface area contributed by atoms with Crippen LogP contribution in [0.5, 0.6) is 0 Å². The molecule has 0 aliphatic heterocycles. The largest absolute Gasteiger partial charge is 0.481 e. The first-order valence-electron chi connectivity index (χ1n) is 4.23. The van der Waals surface area contributed by atoms with Crippen molar-refractivity contribution in [2.24, 2.45) is 0 Å². The van der Waals surface area contributed by atoms with Crippen LogP contribution in [-0.2, 0) is 15.8 Å². The van der Waals surface area contributed by atoms with E-state index in [0.29, 0.717) is 6.42 Å². The van der Waals surface area contributed by atoms with Crippen LogP contribution < -0.4 is 5.30 Å². The average molecular weight is 249 g/mol. The highest BCUT2D eigenvalue weighted by Gasteiger charge is 2.16. The van der Waals surface area contributed by atoms with E-state index in [9.17, 15) is 9.36 Å². The molecule has 0 radical (unpaired) electrons. The van der Waals surface area contributed by atoms with Gasteiger partial charge in [0.2, 0.25) is 0 Å². The first kappa shape index (κ1) is 12.2. The Balaban J connectivity index is 2.73. The normalized spacial score (nSPS) is 14.5. The van der Waals surface area contributed by atoms with E-state index >= 15 is 0 Å². The van der Waals surface area contributed by atoms with Crippen molar-refractivity contribution >= 4 is 29.2 Å². The molecule has 82 valence electrons. The Hall–Kier alpha value is -0.830. The van der Waals surface area contributed by atoms with Crippen molar-refractivity contribution < 1.29 is 19.4 Å².